The lowest BCUT2D eigenvalue weighted by Gasteiger charge is -2.38. The molecule has 2 fully saturated rings. The van der Waals surface area contributed by atoms with E-state index < -0.39 is 0 Å². The SMILES string of the molecule is Cc1ccccc1N1CCN(c2ncccc2CNC(=O)C2CCOCC2)CC1. The smallest absolute Gasteiger partial charge is 0.223 e. The van der Waals surface area contributed by atoms with Gasteiger partial charge >= 0.3 is 0 Å². The Morgan fingerprint density at radius 1 is 1.07 bits per heavy atom. The molecule has 0 unspecified atom stereocenters. The summed E-state index contributed by atoms with van der Waals surface area (Å²) in [7, 11) is 0. The molecule has 1 aromatic heterocycles. The number of aryl methyl sites for hydroxylation is 1. The summed E-state index contributed by atoms with van der Waals surface area (Å²) in [6.07, 6.45) is 3.46. The highest BCUT2D eigenvalue weighted by molar-refractivity contribution is 5.78. The highest BCUT2D eigenvalue weighted by Gasteiger charge is 2.23. The van der Waals surface area contributed by atoms with Gasteiger partial charge in [-0.05, 0) is 37.5 Å². The number of para-hydroxylation sites is 1. The summed E-state index contributed by atoms with van der Waals surface area (Å²) in [5.41, 5.74) is 3.71. The Morgan fingerprint density at radius 2 is 1.79 bits per heavy atom. The average Bonchev–Trinajstić information content (AvgIpc) is 2.79. The number of amides is 1. The van der Waals surface area contributed by atoms with E-state index in [0.29, 0.717) is 19.8 Å². The molecule has 1 amide bonds. The number of carbonyl (C=O) groups is 1. The summed E-state index contributed by atoms with van der Waals surface area (Å²) >= 11 is 0. The number of hydrogen-bond acceptors (Lipinski definition) is 5. The van der Waals surface area contributed by atoms with Gasteiger partial charge in [0.05, 0.1) is 0 Å². The molecular weight excluding hydrogens is 364 g/mol. The fraction of sp³-hybridized carbons (Fsp3) is 0.478. The number of rotatable bonds is 5. The van der Waals surface area contributed by atoms with Crippen LogP contribution in [0.15, 0.2) is 42.6 Å². The lowest BCUT2D eigenvalue weighted by Crippen LogP contribution is -2.47. The van der Waals surface area contributed by atoms with Crippen molar-refractivity contribution >= 4 is 17.4 Å². The predicted octanol–water partition coefficient (Wildman–Crippen LogP) is 2.76. The van der Waals surface area contributed by atoms with Crippen LogP contribution >= 0.6 is 0 Å². The van der Waals surface area contributed by atoms with Crippen LogP contribution in [0.1, 0.15) is 24.0 Å². The third-order valence-electron chi connectivity index (χ3n) is 5.95. The number of pyridine rings is 1. The van der Waals surface area contributed by atoms with Crippen molar-refractivity contribution in [2.75, 3.05) is 49.2 Å². The van der Waals surface area contributed by atoms with E-state index in [9.17, 15) is 4.79 Å². The minimum absolute atomic E-state index is 0.0709. The van der Waals surface area contributed by atoms with Crippen LogP contribution in [0.3, 0.4) is 0 Å². The number of carbonyl (C=O) groups excluding carboxylic acids is 1. The van der Waals surface area contributed by atoms with Crippen molar-refractivity contribution in [3.8, 4) is 0 Å². The van der Waals surface area contributed by atoms with E-state index in [2.05, 4.69) is 57.4 Å². The number of ether oxygens (including phenoxy) is 1. The summed E-state index contributed by atoms with van der Waals surface area (Å²) in [5.74, 6) is 1.19. The Morgan fingerprint density at radius 3 is 2.55 bits per heavy atom. The largest absolute Gasteiger partial charge is 0.381 e. The van der Waals surface area contributed by atoms with Crippen molar-refractivity contribution in [1.82, 2.24) is 10.3 Å². The molecule has 154 valence electrons. The van der Waals surface area contributed by atoms with Gasteiger partial charge in [0.2, 0.25) is 5.91 Å². The highest BCUT2D eigenvalue weighted by Crippen LogP contribution is 2.24. The van der Waals surface area contributed by atoms with Gasteiger partial charge in [-0.3, -0.25) is 4.79 Å². The zero-order chi connectivity index (χ0) is 20.1. The average molecular weight is 395 g/mol. The van der Waals surface area contributed by atoms with E-state index in [0.717, 1.165) is 50.4 Å². The van der Waals surface area contributed by atoms with Crippen molar-refractivity contribution < 1.29 is 9.53 Å². The van der Waals surface area contributed by atoms with Gasteiger partial charge in [-0.15, -0.1) is 0 Å². The van der Waals surface area contributed by atoms with Gasteiger partial charge in [0.1, 0.15) is 5.82 Å². The van der Waals surface area contributed by atoms with Gasteiger partial charge in [0.25, 0.3) is 0 Å². The maximum atomic E-state index is 12.5. The number of hydrogen-bond donors (Lipinski definition) is 1. The van der Waals surface area contributed by atoms with Crippen molar-refractivity contribution in [2.24, 2.45) is 5.92 Å². The number of nitrogens with zero attached hydrogens (tertiary/aromatic N) is 3. The number of piperazine rings is 1. The monoisotopic (exact) mass is 394 g/mol. The minimum atomic E-state index is 0.0709. The Hall–Kier alpha value is -2.60. The molecule has 2 aliphatic heterocycles. The Bertz CT molecular complexity index is 827. The van der Waals surface area contributed by atoms with Gasteiger partial charge in [-0.1, -0.05) is 24.3 Å². The van der Waals surface area contributed by atoms with Crippen molar-refractivity contribution in [3.63, 3.8) is 0 Å². The van der Waals surface area contributed by atoms with E-state index in [1.54, 1.807) is 0 Å². The fourth-order valence-corrected chi connectivity index (χ4v) is 4.22. The highest BCUT2D eigenvalue weighted by atomic mass is 16.5. The van der Waals surface area contributed by atoms with Crippen LogP contribution in [-0.4, -0.2) is 50.3 Å². The Balaban J connectivity index is 1.37. The maximum absolute atomic E-state index is 12.5. The topological polar surface area (TPSA) is 57.7 Å². The molecule has 6 nitrogen and oxygen atoms in total. The van der Waals surface area contributed by atoms with Crippen molar-refractivity contribution in [2.45, 2.75) is 26.3 Å². The first-order chi connectivity index (χ1) is 14.2. The molecule has 0 atom stereocenters. The van der Waals surface area contributed by atoms with Crippen LogP contribution in [0.2, 0.25) is 0 Å². The molecule has 0 saturated carbocycles. The molecule has 2 aliphatic rings. The molecule has 1 aromatic carbocycles. The van der Waals surface area contributed by atoms with Crippen LogP contribution in [0.25, 0.3) is 0 Å². The van der Waals surface area contributed by atoms with Gasteiger partial charge in [0, 0.05) is 69.3 Å². The van der Waals surface area contributed by atoms with Gasteiger partial charge in [0.15, 0.2) is 0 Å². The first-order valence-corrected chi connectivity index (χ1v) is 10.6. The molecular formula is C23H30N4O2. The van der Waals surface area contributed by atoms with Crippen molar-refractivity contribution in [1.29, 1.82) is 0 Å². The van der Waals surface area contributed by atoms with Crippen LogP contribution in [0.5, 0.6) is 0 Å². The number of benzene rings is 1. The molecule has 29 heavy (non-hydrogen) atoms. The number of anilines is 2. The quantitative estimate of drug-likeness (QED) is 0.845. The third kappa shape index (κ3) is 4.70. The molecule has 4 rings (SSSR count). The zero-order valence-corrected chi connectivity index (χ0v) is 17.1. The summed E-state index contributed by atoms with van der Waals surface area (Å²) < 4.78 is 5.36. The van der Waals surface area contributed by atoms with Crippen LogP contribution in [0, 0.1) is 12.8 Å². The molecule has 3 heterocycles. The normalized spacial score (nSPS) is 18.0. The van der Waals surface area contributed by atoms with E-state index in [1.807, 2.05) is 12.3 Å². The molecule has 0 radical (unpaired) electrons. The second kappa shape index (κ2) is 9.27. The zero-order valence-electron chi connectivity index (χ0n) is 17.1. The standard InChI is InChI=1S/C23H30N4O2/c1-18-5-2-3-7-21(18)26-11-13-27(14-12-26)22-20(6-4-10-24-22)17-25-23(28)19-8-15-29-16-9-19/h2-7,10,19H,8-9,11-17H2,1H3,(H,25,28). The lowest BCUT2D eigenvalue weighted by atomic mass is 9.99. The van der Waals surface area contributed by atoms with Gasteiger partial charge in [-0.2, -0.15) is 0 Å². The molecule has 1 N–H and O–H groups in total. The van der Waals surface area contributed by atoms with Crippen LogP contribution < -0.4 is 15.1 Å². The van der Waals surface area contributed by atoms with Gasteiger partial charge in [-0.25, -0.2) is 4.98 Å². The van der Waals surface area contributed by atoms with E-state index >= 15 is 0 Å². The second-order valence-corrected chi connectivity index (χ2v) is 7.85. The number of aromatic nitrogens is 1. The van der Waals surface area contributed by atoms with Crippen LogP contribution in [0.4, 0.5) is 11.5 Å². The first kappa shape index (κ1) is 19.7. The van der Waals surface area contributed by atoms with Crippen molar-refractivity contribution in [3.05, 3.63) is 53.7 Å². The molecule has 0 bridgehead atoms. The third-order valence-corrected chi connectivity index (χ3v) is 5.95. The number of nitrogens with one attached hydrogen (secondary N) is 1. The molecule has 6 heteroatoms. The Labute approximate surface area is 172 Å². The van der Waals surface area contributed by atoms with E-state index in [-0.39, 0.29) is 11.8 Å². The molecule has 2 aromatic rings. The molecule has 0 spiro atoms. The molecule has 0 aliphatic carbocycles. The first-order valence-electron chi connectivity index (χ1n) is 10.6. The maximum Gasteiger partial charge on any atom is 0.223 e. The second-order valence-electron chi connectivity index (χ2n) is 7.85. The van der Waals surface area contributed by atoms with Gasteiger partial charge < -0.3 is 19.9 Å². The van der Waals surface area contributed by atoms with Crippen LogP contribution in [-0.2, 0) is 16.1 Å². The predicted molar refractivity (Wildman–Crippen MR) is 115 cm³/mol. The molecule has 2 saturated heterocycles. The summed E-state index contributed by atoms with van der Waals surface area (Å²) in [5, 5.41) is 3.12. The lowest BCUT2D eigenvalue weighted by molar-refractivity contribution is -0.128. The minimum Gasteiger partial charge on any atom is -0.381 e. The van der Waals surface area contributed by atoms with E-state index in [4.69, 9.17) is 4.74 Å². The summed E-state index contributed by atoms with van der Waals surface area (Å²) in [6, 6.07) is 12.6. The summed E-state index contributed by atoms with van der Waals surface area (Å²) in [6.45, 7) is 7.84. The summed E-state index contributed by atoms with van der Waals surface area (Å²) in [4.78, 5) is 21.9. The Kier molecular flexibility index (Phi) is 6.30. The fourth-order valence-electron chi connectivity index (χ4n) is 4.22. The van der Waals surface area contributed by atoms with E-state index in [1.165, 1.54) is 11.3 Å².